The summed E-state index contributed by atoms with van der Waals surface area (Å²) in [6, 6.07) is 2.93. The van der Waals surface area contributed by atoms with Crippen LogP contribution in [0.5, 0.6) is 5.88 Å². The third kappa shape index (κ3) is 4.20. The van der Waals surface area contributed by atoms with Crippen LogP contribution in [0.15, 0.2) is 6.07 Å². The summed E-state index contributed by atoms with van der Waals surface area (Å²) < 4.78 is 40.4. The lowest BCUT2D eigenvalue weighted by Crippen LogP contribution is -2.18. The smallest absolute Gasteiger partial charge is 0.388 e. The van der Waals surface area contributed by atoms with Crippen molar-refractivity contribution in [1.82, 2.24) is 4.98 Å². The van der Waals surface area contributed by atoms with Gasteiger partial charge in [0, 0.05) is 15.5 Å². The zero-order chi connectivity index (χ0) is 13.1. The van der Waals surface area contributed by atoms with Crippen LogP contribution in [0.4, 0.5) is 13.2 Å². The molecular formula is C9H5ClF3IN2O. The Morgan fingerprint density at radius 1 is 1.53 bits per heavy atom. The molecule has 0 atom stereocenters. The molecule has 92 valence electrons. The van der Waals surface area contributed by atoms with Gasteiger partial charge in [-0.1, -0.05) is 0 Å². The molecule has 0 saturated carbocycles. The molecule has 0 N–H and O–H groups in total. The first-order valence-electron chi connectivity index (χ1n) is 4.24. The molecule has 1 rings (SSSR count). The summed E-state index contributed by atoms with van der Waals surface area (Å²) in [5.41, 5.74) is 0.678. The van der Waals surface area contributed by atoms with Crippen LogP contribution in [0.3, 0.4) is 0 Å². The van der Waals surface area contributed by atoms with E-state index in [1.54, 1.807) is 0 Å². The van der Waals surface area contributed by atoms with Crippen molar-refractivity contribution in [1.29, 1.82) is 5.26 Å². The molecule has 1 aromatic heterocycles. The van der Waals surface area contributed by atoms with Crippen molar-refractivity contribution in [3.8, 4) is 11.9 Å². The minimum Gasteiger partial charge on any atom is -0.388 e. The third-order valence-corrected chi connectivity index (χ3v) is 3.29. The summed E-state index contributed by atoms with van der Waals surface area (Å²) in [5.74, 6) is -0.577. The van der Waals surface area contributed by atoms with E-state index in [1.165, 1.54) is 0 Å². The highest BCUT2D eigenvalue weighted by Crippen LogP contribution is 2.26. The number of nitriles is 1. The predicted molar refractivity (Wildman–Crippen MR) is 62.5 cm³/mol. The lowest BCUT2D eigenvalue weighted by atomic mass is 10.2. The number of nitrogens with zero attached hydrogens (tertiary/aromatic N) is 2. The molecule has 1 aromatic rings. The summed E-state index contributed by atoms with van der Waals surface area (Å²) in [6.07, 6.45) is -4.91. The van der Waals surface area contributed by atoms with E-state index in [4.69, 9.17) is 16.9 Å². The van der Waals surface area contributed by atoms with E-state index >= 15 is 0 Å². The standard InChI is InChI=1S/C9H5ClF3IN2O/c10-4-5-3-7(17-9(11,12)13)16-6(1-2-15)8(5)14/h3H,1,4H2. The van der Waals surface area contributed by atoms with Crippen molar-refractivity contribution in [3.63, 3.8) is 0 Å². The van der Waals surface area contributed by atoms with E-state index in [9.17, 15) is 13.2 Å². The second-order valence-electron chi connectivity index (χ2n) is 2.90. The first kappa shape index (κ1) is 14.3. The number of pyridine rings is 1. The van der Waals surface area contributed by atoms with E-state index < -0.39 is 12.2 Å². The highest BCUT2D eigenvalue weighted by atomic mass is 127. The first-order chi connectivity index (χ1) is 7.87. The van der Waals surface area contributed by atoms with E-state index in [1.807, 2.05) is 28.7 Å². The molecule has 0 radical (unpaired) electrons. The number of ether oxygens (including phenoxy) is 1. The van der Waals surface area contributed by atoms with Gasteiger partial charge in [-0.25, -0.2) is 4.98 Å². The summed E-state index contributed by atoms with van der Waals surface area (Å²) in [4.78, 5) is 3.63. The lowest BCUT2D eigenvalue weighted by molar-refractivity contribution is -0.276. The van der Waals surface area contributed by atoms with Gasteiger partial charge in [-0.15, -0.1) is 24.8 Å². The normalized spacial score (nSPS) is 11.1. The van der Waals surface area contributed by atoms with Crippen LogP contribution in [-0.4, -0.2) is 11.3 Å². The second-order valence-corrected chi connectivity index (χ2v) is 4.24. The molecule has 3 nitrogen and oxygen atoms in total. The highest BCUT2D eigenvalue weighted by molar-refractivity contribution is 14.1. The molecule has 0 aliphatic rings. The van der Waals surface area contributed by atoms with Gasteiger partial charge in [0.25, 0.3) is 0 Å². The van der Waals surface area contributed by atoms with Crippen LogP contribution in [0.1, 0.15) is 11.3 Å². The Morgan fingerprint density at radius 3 is 2.65 bits per heavy atom. The molecule has 0 aliphatic carbocycles. The fourth-order valence-electron chi connectivity index (χ4n) is 1.07. The molecule has 0 bridgehead atoms. The van der Waals surface area contributed by atoms with Crippen LogP contribution >= 0.6 is 34.2 Å². The zero-order valence-electron chi connectivity index (χ0n) is 8.18. The fourth-order valence-corrected chi connectivity index (χ4v) is 2.17. The van der Waals surface area contributed by atoms with Gasteiger partial charge in [-0.3, -0.25) is 0 Å². The van der Waals surface area contributed by atoms with Crippen molar-refractivity contribution in [2.45, 2.75) is 18.7 Å². The Bertz CT molecular complexity index is 459. The first-order valence-corrected chi connectivity index (χ1v) is 5.85. The van der Waals surface area contributed by atoms with Crippen LogP contribution in [0, 0.1) is 14.9 Å². The van der Waals surface area contributed by atoms with Gasteiger partial charge < -0.3 is 4.74 Å². The van der Waals surface area contributed by atoms with Gasteiger partial charge in [0.1, 0.15) is 0 Å². The molecular weight excluding hydrogens is 371 g/mol. The minimum absolute atomic E-state index is 0.0213. The molecule has 0 aliphatic heterocycles. The number of rotatable bonds is 3. The van der Waals surface area contributed by atoms with Crippen molar-refractivity contribution < 1.29 is 17.9 Å². The van der Waals surface area contributed by atoms with E-state index in [2.05, 4.69) is 9.72 Å². The number of hydrogen-bond donors (Lipinski definition) is 0. The largest absolute Gasteiger partial charge is 0.574 e. The Labute approximate surface area is 114 Å². The Balaban J connectivity index is 3.16. The maximum absolute atomic E-state index is 12.0. The molecule has 0 saturated heterocycles. The molecule has 17 heavy (non-hydrogen) atoms. The van der Waals surface area contributed by atoms with Gasteiger partial charge in [-0.2, -0.15) is 5.26 Å². The monoisotopic (exact) mass is 376 g/mol. The van der Waals surface area contributed by atoms with Gasteiger partial charge in [-0.05, 0) is 28.2 Å². The number of hydrogen-bond acceptors (Lipinski definition) is 3. The van der Waals surface area contributed by atoms with Crippen LogP contribution in [0.2, 0.25) is 0 Å². The third-order valence-electron chi connectivity index (χ3n) is 1.69. The molecule has 8 heteroatoms. The topological polar surface area (TPSA) is 45.9 Å². The number of alkyl halides is 4. The Hall–Kier alpha value is -0.750. The SMILES string of the molecule is N#CCc1nc(OC(F)(F)F)cc(CCl)c1I. The van der Waals surface area contributed by atoms with Crippen LogP contribution in [-0.2, 0) is 12.3 Å². The molecule has 0 unspecified atom stereocenters. The number of aromatic nitrogens is 1. The molecule has 0 spiro atoms. The maximum Gasteiger partial charge on any atom is 0.574 e. The summed E-state index contributed by atoms with van der Waals surface area (Å²) in [7, 11) is 0. The second kappa shape index (κ2) is 5.73. The molecule has 0 fully saturated rings. The number of halogens is 5. The molecule has 0 aromatic carbocycles. The summed E-state index contributed by atoms with van der Waals surface area (Å²) in [5, 5.41) is 8.54. The maximum atomic E-state index is 12.0. The average Bonchev–Trinajstić information content (AvgIpc) is 2.20. The van der Waals surface area contributed by atoms with Gasteiger partial charge in [0.15, 0.2) is 0 Å². The van der Waals surface area contributed by atoms with Crippen LogP contribution in [0.25, 0.3) is 0 Å². The van der Waals surface area contributed by atoms with Gasteiger partial charge in [0.05, 0.1) is 18.2 Å². The zero-order valence-corrected chi connectivity index (χ0v) is 11.1. The van der Waals surface area contributed by atoms with E-state index in [0.717, 1.165) is 6.07 Å². The lowest BCUT2D eigenvalue weighted by Gasteiger charge is -2.11. The van der Waals surface area contributed by atoms with Crippen molar-refractivity contribution in [2.75, 3.05) is 0 Å². The van der Waals surface area contributed by atoms with Gasteiger partial charge >= 0.3 is 6.36 Å². The Kier molecular flexibility index (Phi) is 4.82. The fraction of sp³-hybridized carbons (Fsp3) is 0.333. The van der Waals surface area contributed by atoms with Crippen LogP contribution < -0.4 is 4.74 Å². The summed E-state index contributed by atoms with van der Waals surface area (Å²) >= 11 is 7.48. The van der Waals surface area contributed by atoms with E-state index in [-0.39, 0.29) is 18.0 Å². The van der Waals surface area contributed by atoms with Crippen molar-refractivity contribution in [2.24, 2.45) is 0 Å². The Morgan fingerprint density at radius 2 is 2.18 bits per heavy atom. The minimum atomic E-state index is -4.81. The molecule has 0 amide bonds. The average molecular weight is 377 g/mol. The van der Waals surface area contributed by atoms with Crippen molar-refractivity contribution in [3.05, 3.63) is 20.9 Å². The van der Waals surface area contributed by atoms with Gasteiger partial charge in [0.2, 0.25) is 5.88 Å². The van der Waals surface area contributed by atoms with Crippen molar-refractivity contribution >= 4 is 34.2 Å². The molecule has 1 heterocycles. The summed E-state index contributed by atoms with van der Waals surface area (Å²) in [6.45, 7) is 0. The van der Waals surface area contributed by atoms with E-state index in [0.29, 0.717) is 9.13 Å². The highest BCUT2D eigenvalue weighted by Gasteiger charge is 2.32. The predicted octanol–water partition coefficient (Wildman–Crippen LogP) is 3.39. The quantitative estimate of drug-likeness (QED) is 0.600.